The number of thiazole rings is 1. The molecular weight excluding hydrogens is 315 g/mol. The van der Waals surface area contributed by atoms with Crippen LogP contribution in [0.4, 0.5) is 13.2 Å². The molecule has 0 N–H and O–H groups in total. The fourth-order valence-electron chi connectivity index (χ4n) is 1.21. The van der Waals surface area contributed by atoms with Crippen molar-refractivity contribution in [2.24, 2.45) is 0 Å². The zero-order valence-corrected chi connectivity index (χ0v) is 12.5. The second-order valence-corrected chi connectivity index (χ2v) is 6.37. The molecule has 0 saturated heterocycles. The van der Waals surface area contributed by atoms with Crippen LogP contribution in [0.2, 0.25) is 0 Å². The van der Waals surface area contributed by atoms with Gasteiger partial charge in [0.05, 0.1) is 10.0 Å². The Bertz CT molecular complexity index is 745. The summed E-state index contributed by atoms with van der Waals surface area (Å²) in [5.74, 6) is -0.431. The molecule has 0 amide bonds. The molecule has 1 aromatic rings. The van der Waals surface area contributed by atoms with Gasteiger partial charge in [0.1, 0.15) is 11.1 Å². The highest BCUT2D eigenvalue weighted by atomic mass is 32.2. The molecule has 112 valence electrons. The molecule has 0 aliphatic carbocycles. The van der Waals surface area contributed by atoms with E-state index in [0.29, 0.717) is 15.7 Å². The van der Waals surface area contributed by atoms with E-state index in [9.17, 15) is 21.6 Å². The smallest absolute Gasteiger partial charge is 0.379 e. The highest BCUT2D eigenvalue weighted by molar-refractivity contribution is 7.87. The van der Waals surface area contributed by atoms with E-state index in [0.717, 1.165) is 18.3 Å². The Morgan fingerprint density at radius 2 is 1.90 bits per heavy atom. The molecule has 0 fully saturated rings. The molecule has 4 nitrogen and oxygen atoms in total. The van der Waals surface area contributed by atoms with E-state index in [1.54, 1.807) is 13.8 Å². The number of aromatic nitrogens is 1. The van der Waals surface area contributed by atoms with Crippen LogP contribution in [0.3, 0.4) is 0 Å². The van der Waals surface area contributed by atoms with Crippen LogP contribution in [0.25, 0.3) is 11.3 Å². The fourth-order valence-corrected chi connectivity index (χ4v) is 2.63. The predicted octanol–water partition coefficient (Wildman–Crippen LogP) is 1.88. The Labute approximate surface area is 118 Å². The van der Waals surface area contributed by atoms with Crippen LogP contribution in [-0.2, 0) is 14.3 Å². The Morgan fingerprint density at radius 3 is 2.35 bits per heavy atom. The quantitative estimate of drug-likeness (QED) is 0.628. The summed E-state index contributed by atoms with van der Waals surface area (Å²) < 4.78 is 63.3. The molecule has 0 radical (unpaired) electrons. The lowest BCUT2D eigenvalue weighted by Crippen LogP contribution is -2.30. The van der Waals surface area contributed by atoms with Crippen molar-refractivity contribution in [1.29, 1.82) is 0 Å². The normalized spacial score (nSPS) is 15.7. The highest BCUT2D eigenvalue weighted by Crippen LogP contribution is 2.26. The van der Waals surface area contributed by atoms with Crippen LogP contribution < -0.4 is 9.88 Å². The van der Waals surface area contributed by atoms with Crippen LogP contribution in [0.5, 0.6) is 0 Å². The Morgan fingerprint density at radius 1 is 1.35 bits per heavy atom. The second-order valence-electron chi connectivity index (χ2n) is 3.97. The summed E-state index contributed by atoms with van der Waals surface area (Å²) in [6.45, 7) is 8.27. The van der Waals surface area contributed by atoms with Gasteiger partial charge in [-0.15, -0.1) is 11.3 Å². The zero-order chi connectivity index (χ0) is 15.7. The summed E-state index contributed by atoms with van der Waals surface area (Å²) in [5.41, 5.74) is -2.68. The average Bonchev–Trinajstić information content (AvgIpc) is 2.74. The first-order valence-corrected chi connectivity index (χ1v) is 7.54. The van der Waals surface area contributed by atoms with Crippen molar-refractivity contribution in [1.82, 2.24) is 4.98 Å². The predicted molar refractivity (Wildman–Crippen MR) is 70.4 cm³/mol. The van der Waals surface area contributed by atoms with Gasteiger partial charge in [-0.1, -0.05) is 12.2 Å². The van der Waals surface area contributed by atoms with Gasteiger partial charge < -0.3 is 4.18 Å². The van der Waals surface area contributed by atoms with E-state index < -0.39 is 21.4 Å². The van der Waals surface area contributed by atoms with Crippen LogP contribution >= 0.6 is 11.3 Å². The Balaban J connectivity index is 3.50. The molecule has 0 saturated carbocycles. The standard InChI is InChI=1S/C11H12F3NO3S2/c1-6(2)7(3)10-9(15-5-19-10)8(4)18-20(16,17)11(12,13)14/h5H,1H2,2-4H3/b9-8-,10-7-. The zero-order valence-electron chi connectivity index (χ0n) is 10.9. The van der Waals surface area contributed by atoms with Gasteiger partial charge >= 0.3 is 15.6 Å². The number of rotatable bonds is 3. The van der Waals surface area contributed by atoms with Crippen molar-refractivity contribution >= 4 is 32.8 Å². The highest BCUT2D eigenvalue weighted by Gasteiger charge is 2.48. The maximum absolute atomic E-state index is 12.3. The van der Waals surface area contributed by atoms with Crippen LogP contribution in [0.15, 0.2) is 17.7 Å². The molecular formula is C11H12F3NO3S2. The van der Waals surface area contributed by atoms with Gasteiger partial charge in [-0.2, -0.15) is 21.6 Å². The molecule has 1 heterocycles. The van der Waals surface area contributed by atoms with Crippen molar-refractivity contribution < 1.29 is 25.8 Å². The van der Waals surface area contributed by atoms with Crippen LogP contribution in [-0.4, -0.2) is 18.9 Å². The van der Waals surface area contributed by atoms with E-state index in [1.807, 2.05) is 0 Å². The van der Waals surface area contributed by atoms with Crippen molar-refractivity contribution in [3.8, 4) is 0 Å². The first-order chi connectivity index (χ1) is 8.97. The van der Waals surface area contributed by atoms with E-state index in [1.165, 1.54) is 5.51 Å². The minimum absolute atomic E-state index is 0.0586. The molecule has 0 unspecified atom stereocenters. The number of alkyl halides is 3. The molecule has 9 heteroatoms. The van der Waals surface area contributed by atoms with E-state index in [4.69, 9.17) is 0 Å². The summed E-state index contributed by atoms with van der Waals surface area (Å²) >= 11 is 1.16. The van der Waals surface area contributed by atoms with Crippen molar-refractivity contribution in [2.75, 3.05) is 0 Å². The Kier molecular flexibility index (Phi) is 4.65. The summed E-state index contributed by atoms with van der Waals surface area (Å²) in [6.07, 6.45) is 0. The number of nitrogens with zero attached hydrogens (tertiary/aromatic N) is 1. The maximum Gasteiger partial charge on any atom is 0.534 e. The van der Waals surface area contributed by atoms with Crippen molar-refractivity contribution in [2.45, 2.75) is 26.3 Å². The van der Waals surface area contributed by atoms with Gasteiger partial charge in [0.25, 0.3) is 0 Å². The average molecular weight is 327 g/mol. The fraction of sp³-hybridized carbons (Fsp3) is 0.364. The van der Waals surface area contributed by atoms with Gasteiger partial charge in [0.15, 0.2) is 0 Å². The van der Waals surface area contributed by atoms with Gasteiger partial charge in [-0.05, 0) is 26.3 Å². The number of allylic oxidation sites excluding steroid dienone is 1. The molecule has 0 aliphatic heterocycles. The lowest BCUT2D eigenvalue weighted by Gasteiger charge is -2.08. The monoisotopic (exact) mass is 327 g/mol. The van der Waals surface area contributed by atoms with Gasteiger partial charge in [0.2, 0.25) is 0 Å². The molecule has 0 atom stereocenters. The molecule has 0 aliphatic rings. The third-order valence-electron chi connectivity index (χ3n) is 2.40. The SMILES string of the molecule is C=C(C)/C(C)=c1\scn\c1=C(\C)OS(=O)(=O)C(F)(F)F. The lowest BCUT2D eigenvalue weighted by atomic mass is 10.1. The summed E-state index contributed by atoms with van der Waals surface area (Å²) in [5, 5.41) is 0.0586. The van der Waals surface area contributed by atoms with E-state index in [2.05, 4.69) is 15.7 Å². The molecule has 1 aromatic heterocycles. The van der Waals surface area contributed by atoms with Crippen molar-refractivity contribution in [3.05, 3.63) is 27.5 Å². The molecule has 20 heavy (non-hydrogen) atoms. The summed E-state index contributed by atoms with van der Waals surface area (Å²) in [4.78, 5) is 3.85. The molecule has 1 rings (SSSR count). The Hall–Kier alpha value is -1.35. The third-order valence-corrected chi connectivity index (χ3v) is 4.38. The van der Waals surface area contributed by atoms with E-state index >= 15 is 0 Å². The van der Waals surface area contributed by atoms with E-state index in [-0.39, 0.29) is 5.35 Å². The van der Waals surface area contributed by atoms with Gasteiger partial charge in [-0.3, -0.25) is 0 Å². The topological polar surface area (TPSA) is 56.3 Å². The third kappa shape index (κ3) is 3.40. The van der Waals surface area contributed by atoms with Crippen LogP contribution in [0.1, 0.15) is 20.8 Å². The number of hydrogen-bond donors (Lipinski definition) is 0. The summed E-state index contributed by atoms with van der Waals surface area (Å²) in [6, 6.07) is 0. The lowest BCUT2D eigenvalue weighted by molar-refractivity contribution is -0.0510. The molecule has 0 bridgehead atoms. The van der Waals surface area contributed by atoms with Gasteiger partial charge in [0, 0.05) is 0 Å². The largest absolute Gasteiger partial charge is 0.534 e. The van der Waals surface area contributed by atoms with Gasteiger partial charge in [-0.25, -0.2) is 4.98 Å². The minimum atomic E-state index is -5.69. The number of halogens is 3. The second kappa shape index (κ2) is 5.57. The minimum Gasteiger partial charge on any atom is -0.379 e. The summed E-state index contributed by atoms with van der Waals surface area (Å²) in [7, 11) is -5.69. The molecule has 0 spiro atoms. The van der Waals surface area contributed by atoms with Crippen LogP contribution in [0, 0.1) is 0 Å². The maximum atomic E-state index is 12.3. The number of hydrogen-bond acceptors (Lipinski definition) is 5. The molecule has 0 aromatic carbocycles. The first kappa shape index (κ1) is 16.7. The van der Waals surface area contributed by atoms with Crippen molar-refractivity contribution in [3.63, 3.8) is 0 Å². The first-order valence-electron chi connectivity index (χ1n) is 5.25.